The van der Waals surface area contributed by atoms with Crippen molar-refractivity contribution in [3.05, 3.63) is 129 Å². The number of hydrogen-bond donors (Lipinski definition) is 2. The average molecular weight is 678 g/mol. The van der Waals surface area contributed by atoms with Crippen molar-refractivity contribution in [3.8, 4) is 11.5 Å². The minimum atomic E-state index is -1.32. The number of benzene rings is 4. The third-order valence-electron chi connectivity index (χ3n) is 7.40. The summed E-state index contributed by atoms with van der Waals surface area (Å²) >= 11 is 9.70. The molecule has 0 saturated carbocycles. The number of methoxy groups -OCH3 is 1. The van der Waals surface area contributed by atoms with Crippen molar-refractivity contribution >= 4 is 39.3 Å². The van der Waals surface area contributed by atoms with E-state index < -0.39 is 11.6 Å². The zero-order valence-electron chi connectivity index (χ0n) is 24.3. The van der Waals surface area contributed by atoms with Crippen LogP contribution in [-0.4, -0.2) is 49.3 Å². The van der Waals surface area contributed by atoms with Gasteiger partial charge in [-0.3, -0.25) is 4.79 Å². The van der Waals surface area contributed by atoms with Gasteiger partial charge >= 0.3 is 0 Å². The number of aliphatic hydroxyl groups excluding tert-OH is 1. The predicted molar refractivity (Wildman–Crippen MR) is 176 cm³/mol. The van der Waals surface area contributed by atoms with Gasteiger partial charge in [0.25, 0.3) is 5.91 Å². The smallest absolute Gasteiger partial charge is 0.252 e. The lowest BCUT2D eigenvalue weighted by Crippen LogP contribution is -2.50. The van der Waals surface area contributed by atoms with Gasteiger partial charge in [0.2, 0.25) is 5.90 Å². The van der Waals surface area contributed by atoms with Gasteiger partial charge in [0.05, 0.1) is 13.7 Å². The summed E-state index contributed by atoms with van der Waals surface area (Å²) < 4.78 is 18.8. The summed E-state index contributed by atoms with van der Waals surface area (Å²) in [6.45, 7) is 0.879. The van der Waals surface area contributed by atoms with Gasteiger partial charge in [-0.2, -0.15) is 0 Å². The maximum atomic E-state index is 14.4. The maximum absolute atomic E-state index is 14.4. The Morgan fingerprint density at radius 2 is 1.77 bits per heavy atom. The molecule has 1 heterocycles. The standard InChI is InChI=1S/C35H34BrClN2O5/c1-42-31-8-3-6-27(22-31)32-35(23-25-9-13-28(36)14-10-25,34(41)38-18-17-24-5-2-7-29(37)21-24)39-33(44-32)26-11-15-30(16-12-26)43-20-4-19-40/h2-3,5-16,21-22,32,40H,4,17-20,23H2,1H3,(H,38,41)/t32-,35-/m1/s1. The molecule has 1 amide bonds. The van der Waals surface area contributed by atoms with E-state index in [0.29, 0.717) is 54.8 Å². The van der Waals surface area contributed by atoms with Gasteiger partial charge in [0.15, 0.2) is 11.6 Å². The van der Waals surface area contributed by atoms with E-state index in [9.17, 15) is 4.79 Å². The number of aliphatic hydroxyl groups is 1. The fourth-order valence-electron chi connectivity index (χ4n) is 5.17. The second-order valence-electron chi connectivity index (χ2n) is 10.5. The van der Waals surface area contributed by atoms with Crippen LogP contribution in [0.4, 0.5) is 0 Å². The zero-order chi connectivity index (χ0) is 30.9. The van der Waals surface area contributed by atoms with E-state index >= 15 is 0 Å². The van der Waals surface area contributed by atoms with Crippen LogP contribution in [0.5, 0.6) is 11.5 Å². The zero-order valence-corrected chi connectivity index (χ0v) is 26.7. The van der Waals surface area contributed by atoms with Crippen molar-refractivity contribution in [2.45, 2.75) is 30.9 Å². The molecule has 0 aromatic heterocycles. The lowest BCUT2D eigenvalue weighted by Gasteiger charge is -2.31. The highest BCUT2D eigenvalue weighted by Crippen LogP contribution is 2.43. The summed E-state index contributed by atoms with van der Waals surface area (Å²) in [6.07, 6.45) is 0.726. The highest BCUT2D eigenvalue weighted by atomic mass is 79.9. The quantitative estimate of drug-likeness (QED) is 0.153. The van der Waals surface area contributed by atoms with Crippen molar-refractivity contribution in [1.82, 2.24) is 5.32 Å². The van der Waals surface area contributed by atoms with Crippen LogP contribution < -0.4 is 14.8 Å². The van der Waals surface area contributed by atoms with Crippen molar-refractivity contribution in [3.63, 3.8) is 0 Å². The summed E-state index contributed by atoms with van der Waals surface area (Å²) in [5, 5.41) is 12.9. The molecule has 5 rings (SSSR count). The van der Waals surface area contributed by atoms with E-state index in [0.717, 1.165) is 26.7 Å². The van der Waals surface area contributed by atoms with E-state index in [4.69, 9.17) is 35.9 Å². The second kappa shape index (κ2) is 14.8. The van der Waals surface area contributed by atoms with Crippen molar-refractivity contribution in [2.24, 2.45) is 4.99 Å². The minimum absolute atomic E-state index is 0.0655. The Labute approximate surface area is 271 Å². The Morgan fingerprint density at radius 1 is 1.00 bits per heavy atom. The van der Waals surface area contributed by atoms with Gasteiger partial charge < -0.3 is 24.6 Å². The fraction of sp³-hybridized carbons (Fsp3) is 0.257. The van der Waals surface area contributed by atoms with Gasteiger partial charge in [0.1, 0.15) is 11.5 Å². The van der Waals surface area contributed by atoms with E-state index in [-0.39, 0.29) is 12.5 Å². The lowest BCUT2D eigenvalue weighted by molar-refractivity contribution is -0.128. The van der Waals surface area contributed by atoms with Crippen LogP contribution >= 0.6 is 27.5 Å². The Balaban J connectivity index is 1.52. The van der Waals surface area contributed by atoms with Crippen molar-refractivity contribution in [1.29, 1.82) is 0 Å². The first kappa shape index (κ1) is 31.6. The first-order chi connectivity index (χ1) is 21.4. The topological polar surface area (TPSA) is 89.4 Å². The summed E-state index contributed by atoms with van der Waals surface area (Å²) in [4.78, 5) is 19.5. The van der Waals surface area contributed by atoms with E-state index in [1.807, 2.05) is 97.1 Å². The fourth-order valence-corrected chi connectivity index (χ4v) is 5.64. The molecule has 0 spiro atoms. The first-order valence-electron chi connectivity index (χ1n) is 14.4. The predicted octanol–water partition coefficient (Wildman–Crippen LogP) is 6.73. The van der Waals surface area contributed by atoms with Gasteiger partial charge in [-0.1, -0.05) is 63.9 Å². The molecule has 0 saturated heterocycles. The van der Waals surface area contributed by atoms with Gasteiger partial charge in [-0.05, 0) is 83.8 Å². The van der Waals surface area contributed by atoms with Gasteiger partial charge in [-0.25, -0.2) is 4.99 Å². The van der Waals surface area contributed by atoms with Crippen LogP contribution in [0.1, 0.15) is 34.8 Å². The van der Waals surface area contributed by atoms with E-state index in [1.54, 1.807) is 7.11 Å². The Hall–Kier alpha value is -3.85. The number of amides is 1. The maximum Gasteiger partial charge on any atom is 0.252 e. The molecule has 1 aliphatic heterocycles. The Bertz CT molecular complexity index is 1600. The van der Waals surface area contributed by atoms with Gasteiger partial charge in [0, 0.05) is 41.1 Å². The summed E-state index contributed by atoms with van der Waals surface area (Å²) in [5.74, 6) is 1.45. The number of rotatable bonds is 13. The lowest BCUT2D eigenvalue weighted by atomic mass is 9.82. The number of nitrogens with zero attached hydrogens (tertiary/aromatic N) is 1. The first-order valence-corrected chi connectivity index (χ1v) is 15.6. The summed E-state index contributed by atoms with van der Waals surface area (Å²) in [5.41, 5.74) is 2.13. The highest BCUT2D eigenvalue weighted by molar-refractivity contribution is 9.10. The average Bonchev–Trinajstić information content (AvgIpc) is 3.43. The summed E-state index contributed by atoms with van der Waals surface area (Å²) in [6, 6.07) is 30.4. The molecule has 228 valence electrons. The molecule has 4 aromatic rings. The number of carbonyl (C=O) groups excluding carboxylic acids is 1. The largest absolute Gasteiger partial charge is 0.497 e. The summed E-state index contributed by atoms with van der Waals surface area (Å²) in [7, 11) is 1.61. The number of aliphatic imine (C=N–C) groups is 1. The second-order valence-corrected chi connectivity index (χ2v) is 11.9. The molecule has 7 nitrogen and oxygen atoms in total. The molecule has 4 aromatic carbocycles. The van der Waals surface area contributed by atoms with E-state index in [2.05, 4.69) is 21.2 Å². The molecule has 0 radical (unpaired) electrons. The molecule has 2 N–H and O–H groups in total. The van der Waals surface area contributed by atoms with E-state index in [1.165, 1.54) is 0 Å². The molecule has 0 fully saturated rings. The van der Waals surface area contributed by atoms with Gasteiger partial charge in [-0.15, -0.1) is 0 Å². The number of carbonyl (C=O) groups is 1. The Morgan fingerprint density at radius 3 is 2.50 bits per heavy atom. The number of hydrogen-bond acceptors (Lipinski definition) is 6. The highest BCUT2D eigenvalue weighted by Gasteiger charge is 2.53. The number of ether oxygens (including phenoxy) is 3. The molecule has 1 aliphatic rings. The van der Waals surface area contributed by atoms with Crippen LogP contribution in [-0.2, 0) is 22.4 Å². The molecule has 44 heavy (non-hydrogen) atoms. The Kier molecular flexibility index (Phi) is 10.6. The molecule has 0 unspecified atom stereocenters. The van der Waals surface area contributed by atoms with Crippen LogP contribution in [0.15, 0.2) is 107 Å². The van der Waals surface area contributed by atoms with Crippen LogP contribution in [0, 0.1) is 0 Å². The molecule has 2 atom stereocenters. The third kappa shape index (κ3) is 7.62. The molecular weight excluding hydrogens is 644 g/mol. The normalized spacial score (nSPS) is 17.5. The molecule has 0 bridgehead atoms. The monoisotopic (exact) mass is 676 g/mol. The van der Waals surface area contributed by atoms with Crippen LogP contribution in [0.2, 0.25) is 5.02 Å². The molecular formula is C35H34BrClN2O5. The van der Waals surface area contributed by atoms with Crippen molar-refractivity contribution < 1.29 is 24.1 Å². The number of halogens is 2. The van der Waals surface area contributed by atoms with Crippen LogP contribution in [0.3, 0.4) is 0 Å². The molecule has 9 heteroatoms. The molecule has 0 aliphatic carbocycles. The van der Waals surface area contributed by atoms with Crippen molar-refractivity contribution in [2.75, 3.05) is 26.9 Å². The van der Waals surface area contributed by atoms with Crippen LogP contribution in [0.25, 0.3) is 0 Å². The third-order valence-corrected chi connectivity index (χ3v) is 8.17. The SMILES string of the molecule is COc1cccc([C@H]2OC(c3ccc(OCCCO)cc3)=N[C@@]2(Cc2ccc(Br)cc2)C(=O)NCCc2cccc(Cl)c2)c1. The number of nitrogens with one attached hydrogen (secondary N) is 1. The minimum Gasteiger partial charge on any atom is -0.497 e.